The third-order valence-electron chi connectivity index (χ3n) is 1.88. The number of primary amides is 1. The van der Waals surface area contributed by atoms with Crippen molar-refractivity contribution >= 4 is 18.3 Å². The van der Waals surface area contributed by atoms with Gasteiger partial charge in [-0.3, -0.25) is 10.5 Å². The summed E-state index contributed by atoms with van der Waals surface area (Å²) >= 11 is 0. The van der Waals surface area contributed by atoms with Crippen molar-refractivity contribution in [2.24, 2.45) is 5.73 Å². The van der Waals surface area contributed by atoms with Gasteiger partial charge in [0.1, 0.15) is 18.0 Å². The fourth-order valence-corrected chi connectivity index (χ4v) is 1.15. The van der Waals surface area contributed by atoms with Crippen LogP contribution in [0.3, 0.4) is 0 Å². The van der Waals surface area contributed by atoms with Crippen molar-refractivity contribution in [2.75, 3.05) is 0 Å². The number of hydrogen-bond donors (Lipinski definition) is 1. The van der Waals surface area contributed by atoms with Crippen LogP contribution in [0.1, 0.15) is 11.5 Å². The quantitative estimate of drug-likeness (QED) is 0.579. The van der Waals surface area contributed by atoms with Crippen LogP contribution in [0.15, 0.2) is 24.3 Å². The van der Waals surface area contributed by atoms with Crippen LogP contribution in [-0.2, 0) is 9.59 Å². The molecule has 1 atom stereocenters. The average Bonchev–Trinajstić information content (AvgIpc) is 2.20. The lowest BCUT2D eigenvalue weighted by Crippen LogP contribution is -2.17. The van der Waals surface area contributed by atoms with Gasteiger partial charge in [-0.15, -0.1) is 0 Å². The summed E-state index contributed by atoms with van der Waals surface area (Å²) < 4.78 is 4.56. The zero-order valence-electron chi connectivity index (χ0n) is 8.17. The Bertz CT molecular complexity index is 413. The smallest absolute Gasteiger partial charge is 0.409 e. The highest BCUT2D eigenvalue weighted by Gasteiger charge is 2.17. The number of hydrogen-bond acceptors (Lipinski definition) is 4. The molecule has 0 spiro atoms. The van der Waals surface area contributed by atoms with Gasteiger partial charge in [0.05, 0.1) is 0 Å². The second-order valence-electron chi connectivity index (χ2n) is 2.97. The minimum absolute atomic E-state index is 0.207. The van der Waals surface area contributed by atoms with Gasteiger partial charge >= 0.3 is 6.09 Å². The first-order valence-electron chi connectivity index (χ1n) is 4.32. The minimum atomic E-state index is -1.11. The van der Waals surface area contributed by atoms with Crippen LogP contribution >= 0.6 is 0 Å². The second kappa shape index (κ2) is 4.92. The highest BCUT2D eigenvalue weighted by molar-refractivity contribution is 5.96. The zero-order chi connectivity index (χ0) is 12.1. The van der Waals surface area contributed by atoms with Gasteiger partial charge in [-0.1, -0.05) is 12.1 Å². The second-order valence-corrected chi connectivity index (χ2v) is 2.97. The van der Waals surface area contributed by atoms with Gasteiger partial charge in [0, 0.05) is 0 Å². The van der Waals surface area contributed by atoms with Gasteiger partial charge in [0.25, 0.3) is 5.91 Å². The molecule has 6 heteroatoms. The molecule has 6 nitrogen and oxygen atoms in total. The molecule has 0 heterocycles. The van der Waals surface area contributed by atoms with E-state index in [0.29, 0.717) is 11.8 Å². The molecule has 83 valence electrons. The fraction of sp³-hybridized carbons (Fsp3) is 0.100. The molecule has 0 aromatic heterocycles. The summed E-state index contributed by atoms with van der Waals surface area (Å²) in [7, 11) is 0. The first-order valence-corrected chi connectivity index (χ1v) is 4.32. The van der Waals surface area contributed by atoms with Crippen molar-refractivity contribution < 1.29 is 19.1 Å². The van der Waals surface area contributed by atoms with Crippen LogP contribution in [0.2, 0.25) is 0 Å². The Hall–Kier alpha value is -2.37. The van der Waals surface area contributed by atoms with Crippen LogP contribution < -0.4 is 16.2 Å². The maximum absolute atomic E-state index is 10.8. The number of nitrogens with one attached hydrogen (secondary N) is 1. The topological polar surface area (TPSA) is 110 Å². The number of rotatable bonds is 4. The van der Waals surface area contributed by atoms with E-state index >= 15 is 0 Å². The maximum atomic E-state index is 10.8. The SMILES string of the molecule is [NH]C(=O)C(C=O)c1ccc(OC(N)=O)cc1. The van der Waals surface area contributed by atoms with Gasteiger partial charge in [-0.25, -0.2) is 4.79 Å². The zero-order valence-corrected chi connectivity index (χ0v) is 8.17. The largest absolute Gasteiger partial charge is 0.411 e. The van der Waals surface area contributed by atoms with E-state index in [2.05, 4.69) is 4.74 Å². The van der Waals surface area contributed by atoms with Crippen LogP contribution in [0.4, 0.5) is 4.79 Å². The summed E-state index contributed by atoms with van der Waals surface area (Å²) in [5.41, 5.74) is 12.0. The predicted octanol–water partition coefficient (Wildman–Crippen LogP) is 0.236. The van der Waals surface area contributed by atoms with E-state index in [0.717, 1.165) is 0 Å². The van der Waals surface area contributed by atoms with Gasteiger partial charge in [0.2, 0.25) is 0 Å². The number of carbonyl (C=O) groups is 3. The molecule has 1 aromatic rings. The Morgan fingerprint density at radius 2 is 1.88 bits per heavy atom. The summed E-state index contributed by atoms with van der Waals surface area (Å²) in [4.78, 5) is 31.7. The molecule has 0 aliphatic rings. The van der Waals surface area contributed by atoms with E-state index < -0.39 is 17.9 Å². The molecule has 2 amide bonds. The Labute approximate surface area is 91.2 Å². The molecular weight excluding hydrogens is 212 g/mol. The molecule has 0 aliphatic heterocycles. The van der Waals surface area contributed by atoms with Crippen LogP contribution in [0.5, 0.6) is 5.75 Å². The lowest BCUT2D eigenvalue weighted by Gasteiger charge is -2.06. The Balaban J connectivity index is 2.89. The number of aldehydes is 1. The van der Waals surface area contributed by atoms with Crippen molar-refractivity contribution in [1.29, 1.82) is 0 Å². The van der Waals surface area contributed by atoms with E-state index in [1.54, 1.807) is 0 Å². The number of ether oxygens (including phenoxy) is 1. The summed E-state index contributed by atoms with van der Waals surface area (Å²) in [5, 5.41) is 0. The summed E-state index contributed by atoms with van der Waals surface area (Å²) in [6.07, 6.45) is -0.560. The van der Waals surface area contributed by atoms with Gasteiger partial charge in [-0.2, -0.15) is 0 Å². The number of carbonyl (C=O) groups excluding carboxylic acids is 3. The van der Waals surface area contributed by atoms with E-state index in [1.807, 2.05) is 0 Å². The van der Waals surface area contributed by atoms with E-state index in [9.17, 15) is 14.4 Å². The van der Waals surface area contributed by atoms with Gasteiger partial charge in [0.15, 0.2) is 0 Å². The minimum Gasteiger partial charge on any atom is -0.411 e. The predicted molar refractivity (Wildman–Crippen MR) is 53.6 cm³/mol. The monoisotopic (exact) mass is 221 g/mol. The number of amides is 2. The van der Waals surface area contributed by atoms with Crippen molar-refractivity contribution in [1.82, 2.24) is 5.73 Å². The first kappa shape index (κ1) is 11.7. The van der Waals surface area contributed by atoms with E-state index in [-0.39, 0.29) is 5.75 Å². The number of benzene rings is 1. The van der Waals surface area contributed by atoms with Crippen molar-refractivity contribution in [3.63, 3.8) is 0 Å². The van der Waals surface area contributed by atoms with Crippen molar-refractivity contribution in [2.45, 2.75) is 5.92 Å². The molecule has 0 bridgehead atoms. The molecule has 1 unspecified atom stereocenters. The van der Waals surface area contributed by atoms with E-state index in [1.165, 1.54) is 24.3 Å². The lowest BCUT2D eigenvalue weighted by atomic mass is 10.0. The fourth-order valence-electron chi connectivity index (χ4n) is 1.15. The molecule has 0 saturated carbocycles. The summed E-state index contributed by atoms with van der Waals surface area (Å²) in [6.45, 7) is 0. The maximum Gasteiger partial charge on any atom is 0.409 e. The Morgan fingerprint density at radius 3 is 2.25 bits per heavy atom. The van der Waals surface area contributed by atoms with Crippen LogP contribution in [0.25, 0.3) is 0 Å². The molecule has 1 aromatic carbocycles. The molecule has 1 rings (SSSR count). The third-order valence-corrected chi connectivity index (χ3v) is 1.88. The van der Waals surface area contributed by atoms with Gasteiger partial charge < -0.3 is 15.3 Å². The molecule has 1 radical (unpaired) electrons. The van der Waals surface area contributed by atoms with Gasteiger partial charge in [-0.05, 0) is 17.7 Å². The Morgan fingerprint density at radius 1 is 1.31 bits per heavy atom. The molecule has 0 aliphatic carbocycles. The highest BCUT2D eigenvalue weighted by Crippen LogP contribution is 2.18. The van der Waals surface area contributed by atoms with Crippen LogP contribution in [0, 0.1) is 0 Å². The van der Waals surface area contributed by atoms with E-state index in [4.69, 9.17) is 11.5 Å². The molecule has 0 fully saturated rings. The highest BCUT2D eigenvalue weighted by atomic mass is 16.5. The van der Waals surface area contributed by atoms with Crippen LogP contribution in [-0.4, -0.2) is 18.3 Å². The number of nitrogens with two attached hydrogens (primary N) is 1. The summed E-state index contributed by atoms with van der Waals surface area (Å²) in [6, 6.07) is 5.62. The third kappa shape index (κ3) is 2.81. The van der Waals surface area contributed by atoms with Crippen molar-refractivity contribution in [3.05, 3.63) is 29.8 Å². The molecule has 16 heavy (non-hydrogen) atoms. The molecule has 3 N–H and O–H groups in total. The molecule has 0 saturated heterocycles. The normalized spacial score (nSPS) is 11.5. The summed E-state index contributed by atoms with van der Waals surface area (Å²) in [5.74, 6) is -1.89. The Kier molecular flexibility index (Phi) is 3.60. The standard InChI is InChI=1S/C10H9N2O4/c11-9(14)8(5-13)6-1-3-7(4-2-6)16-10(12)15/h1-5,8,11H,(H2,12,15). The average molecular weight is 221 g/mol. The first-order chi connectivity index (χ1) is 7.54. The lowest BCUT2D eigenvalue weighted by molar-refractivity contribution is -0.123. The van der Waals surface area contributed by atoms with Crippen molar-refractivity contribution in [3.8, 4) is 5.75 Å². The molecular formula is C10H9N2O4.